The molecule has 0 fully saturated rings. The molecule has 10 heteroatoms. The molecule has 206 valence electrons. The van der Waals surface area contributed by atoms with E-state index in [0.717, 1.165) is 16.8 Å². The van der Waals surface area contributed by atoms with E-state index in [4.69, 9.17) is 0 Å². The number of anilines is 2. The van der Waals surface area contributed by atoms with Crippen LogP contribution in [-0.2, 0) is 10.1 Å². The van der Waals surface area contributed by atoms with E-state index in [1.165, 1.54) is 6.07 Å². The lowest BCUT2D eigenvalue weighted by molar-refractivity contribution is 0.482. The first-order valence-electron chi connectivity index (χ1n) is 12.9. The summed E-state index contributed by atoms with van der Waals surface area (Å²) in [5, 5.41) is 33.6. The highest BCUT2D eigenvalue weighted by atomic mass is 32.2. The predicted octanol–water partition coefficient (Wildman–Crippen LogP) is 9.52. The van der Waals surface area contributed by atoms with Gasteiger partial charge in [-0.25, -0.2) is 0 Å². The van der Waals surface area contributed by atoms with Gasteiger partial charge in [0.1, 0.15) is 10.6 Å². The molecule has 6 rings (SSSR count). The number of fused-ring (bicyclic) bond motifs is 2. The van der Waals surface area contributed by atoms with Crippen LogP contribution in [0.5, 0.6) is 5.75 Å². The Kier molecular flexibility index (Phi) is 7.14. The fourth-order valence-electron chi connectivity index (χ4n) is 4.48. The van der Waals surface area contributed by atoms with Gasteiger partial charge < -0.3 is 10.4 Å². The zero-order chi connectivity index (χ0) is 29.1. The summed E-state index contributed by atoms with van der Waals surface area (Å²) < 4.78 is 33.0. The monoisotopic (exact) mass is 573 g/mol. The topological polar surface area (TPSA) is 136 Å². The number of benzene rings is 6. The van der Waals surface area contributed by atoms with Crippen molar-refractivity contribution < 1.29 is 18.1 Å². The van der Waals surface area contributed by atoms with Crippen molar-refractivity contribution >= 4 is 65.8 Å². The van der Waals surface area contributed by atoms with Crippen molar-refractivity contribution in [2.45, 2.75) is 4.90 Å². The van der Waals surface area contributed by atoms with Crippen LogP contribution >= 0.6 is 0 Å². The molecule has 0 saturated heterocycles. The van der Waals surface area contributed by atoms with Gasteiger partial charge in [-0.3, -0.25) is 4.55 Å². The fourth-order valence-corrected chi connectivity index (χ4v) is 5.19. The number of phenols is 1. The highest BCUT2D eigenvalue weighted by Crippen LogP contribution is 2.37. The molecule has 42 heavy (non-hydrogen) atoms. The van der Waals surface area contributed by atoms with Crippen LogP contribution in [0.15, 0.2) is 147 Å². The SMILES string of the molecule is O=S(=O)(O)c1cccc2ccc(N=Nc3ccc(N=Nc4ccc5cc(Nc6ccccc6)ccc5c4O)cc3)cc12. The van der Waals surface area contributed by atoms with Gasteiger partial charge in [0.15, 0.2) is 5.75 Å². The quantitative estimate of drug-likeness (QED) is 0.129. The van der Waals surface area contributed by atoms with E-state index in [0.29, 0.717) is 38.9 Å². The summed E-state index contributed by atoms with van der Waals surface area (Å²) in [5.74, 6) is 0.0421. The maximum atomic E-state index is 11.7. The Balaban J connectivity index is 1.17. The number of hydrogen-bond donors (Lipinski definition) is 3. The van der Waals surface area contributed by atoms with Crippen molar-refractivity contribution in [2.75, 3.05) is 5.32 Å². The van der Waals surface area contributed by atoms with Crippen molar-refractivity contribution in [3.8, 4) is 5.75 Å². The van der Waals surface area contributed by atoms with Crippen molar-refractivity contribution in [2.24, 2.45) is 20.5 Å². The van der Waals surface area contributed by atoms with Crippen molar-refractivity contribution in [1.82, 2.24) is 0 Å². The van der Waals surface area contributed by atoms with Crippen molar-refractivity contribution in [3.05, 3.63) is 121 Å². The smallest absolute Gasteiger partial charge is 0.295 e. The summed E-state index contributed by atoms with van der Waals surface area (Å²) in [4.78, 5) is -0.186. The Bertz CT molecular complexity index is 2100. The molecule has 0 aliphatic carbocycles. The third-order valence-corrected chi connectivity index (χ3v) is 7.45. The normalized spacial score (nSPS) is 12.0. The zero-order valence-electron chi connectivity index (χ0n) is 22.0. The Hall–Kier alpha value is -5.45. The van der Waals surface area contributed by atoms with Gasteiger partial charge in [-0.1, -0.05) is 42.5 Å². The number of nitrogens with one attached hydrogen (secondary N) is 1. The number of nitrogens with zero attached hydrogens (tertiary/aromatic N) is 4. The number of para-hydroxylation sites is 1. The molecule has 0 radical (unpaired) electrons. The van der Waals surface area contributed by atoms with Gasteiger partial charge in [-0.2, -0.15) is 23.8 Å². The summed E-state index contributed by atoms with van der Waals surface area (Å²) in [6.45, 7) is 0. The van der Waals surface area contributed by atoms with Gasteiger partial charge in [-0.15, -0.1) is 5.11 Å². The lowest BCUT2D eigenvalue weighted by Crippen LogP contribution is -1.98. The second kappa shape index (κ2) is 11.2. The van der Waals surface area contributed by atoms with Crippen LogP contribution in [0.2, 0.25) is 0 Å². The molecule has 0 amide bonds. The second-order valence-electron chi connectivity index (χ2n) is 9.41. The zero-order valence-corrected chi connectivity index (χ0v) is 22.8. The molecule has 0 bridgehead atoms. The third kappa shape index (κ3) is 5.85. The molecule has 3 N–H and O–H groups in total. The van der Waals surface area contributed by atoms with Crippen LogP contribution in [0.3, 0.4) is 0 Å². The molecular formula is C32H23N5O4S. The molecule has 0 aromatic heterocycles. The first-order valence-corrected chi connectivity index (χ1v) is 14.3. The maximum Gasteiger partial charge on any atom is 0.295 e. The molecule has 9 nitrogen and oxygen atoms in total. The maximum absolute atomic E-state index is 11.7. The van der Waals surface area contributed by atoms with E-state index < -0.39 is 10.1 Å². The van der Waals surface area contributed by atoms with E-state index in [1.54, 1.807) is 60.7 Å². The minimum absolute atomic E-state index is 0.0421. The Morgan fingerprint density at radius 3 is 1.95 bits per heavy atom. The molecule has 0 atom stereocenters. The van der Waals surface area contributed by atoms with E-state index in [2.05, 4.69) is 25.8 Å². The van der Waals surface area contributed by atoms with E-state index in [1.807, 2.05) is 54.6 Å². The van der Waals surface area contributed by atoms with Crippen molar-refractivity contribution in [1.29, 1.82) is 0 Å². The minimum atomic E-state index is -4.38. The Morgan fingerprint density at radius 1 is 0.548 bits per heavy atom. The fraction of sp³-hybridized carbons (Fsp3) is 0. The average Bonchev–Trinajstić information content (AvgIpc) is 3.00. The average molecular weight is 574 g/mol. The lowest BCUT2D eigenvalue weighted by Gasteiger charge is -2.09. The molecule has 0 spiro atoms. The first-order chi connectivity index (χ1) is 20.3. The standard InChI is InChI=1S/C32H23N5O4S/c38-32-28-17-16-26(33-23-6-2-1-3-7-23)19-22(28)10-18-30(32)37-35-25-14-12-24(13-15-25)34-36-27-11-9-21-5-4-8-31(29(21)20-27)42(39,40)41/h1-20,33,38H,(H,39,40,41). The molecule has 0 heterocycles. The second-order valence-corrected chi connectivity index (χ2v) is 10.8. The van der Waals surface area contributed by atoms with Crippen LogP contribution in [0.25, 0.3) is 21.5 Å². The molecule has 6 aromatic rings. The third-order valence-electron chi connectivity index (χ3n) is 6.54. The number of rotatable bonds is 7. The molecule has 0 saturated carbocycles. The number of hydrogen-bond acceptors (Lipinski definition) is 8. The summed E-state index contributed by atoms with van der Waals surface area (Å²) >= 11 is 0. The molecular weight excluding hydrogens is 550 g/mol. The van der Waals surface area contributed by atoms with Crippen LogP contribution in [0.1, 0.15) is 0 Å². The van der Waals surface area contributed by atoms with Crippen molar-refractivity contribution in [3.63, 3.8) is 0 Å². The van der Waals surface area contributed by atoms with Gasteiger partial charge in [0.25, 0.3) is 10.1 Å². The molecule has 0 aliphatic heterocycles. The number of azo groups is 2. The van der Waals surface area contributed by atoms with Gasteiger partial charge >= 0.3 is 0 Å². The van der Waals surface area contributed by atoms with Crippen LogP contribution in [0, 0.1) is 0 Å². The Labute approximate surface area is 241 Å². The van der Waals surface area contributed by atoms with Gasteiger partial charge in [0.2, 0.25) is 0 Å². The predicted molar refractivity (Wildman–Crippen MR) is 164 cm³/mol. The van der Waals surface area contributed by atoms with Crippen LogP contribution in [-0.4, -0.2) is 18.1 Å². The van der Waals surface area contributed by atoms with Crippen LogP contribution in [0.4, 0.5) is 34.1 Å². The largest absolute Gasteiger partial charge is 0.505 e. The highest BCUT2D eigenvalue weighted by molar-refractivity contribution is 7.86. The van der Waals surface area contributed by atoms with Gasteiger partial charge in [0.05, 0.1) is 17.1 Å². The summed E-state index contributed by atoms with van der Waals surface area (Å²) in [7, 11) is -4.38. The van der Waals surface area contributed by atoms with Crippen LogP contribution < -0.4 is 5.32 Å². The summed E-state index contributed by atoms with van der Waals surface area (Å²) in [6, 6.07) is 35.6. The van der Waals surface area contributed by atoms with E-state index >= 15 is 0 Å². The summed E-state index contributed by atoms with van der Waals surface area (Å²) in [6.07, 6.45) is 0. The number of aromatic hydroxyl groups is 1. The van der Waals surface area contributed by atoms with E-state index in [9.17, 15) is 18.1 Å². The molecule has 0 aliphatic rings. The number of phenolic OH excluding ortho intramolecular Hbond substituents is 1. The Morgan fingerprint density at radius 2 is 1.21 bits per heavy atom. The van der Waals surface area contributed by atoms with E-state index in [-0.39, 0.29) is 10.6 Å². The molecule has 6 aromatic carbocycles. The minimum Gasteiger partial charge on any atom is -0.505 e. The first kappa shape index (κ1) is 26.8. The van der Waals surface area contributed by atoms with Gasteiger partial charge in [-0.05, 0) is 89.6 Å². The molecule has 0 unspecified atom stereocenters. The summed E-state index contributed by atoms with van der Waals surface area (Å²) in [5.41, 5.74) is 3.75. The highest BCUT2D eigenvalue weighted by Gasteiger charge is 2.14. The lowest BCUT2D eigenvalue weighted by atomic mass is 10.1. The van der Waals surface area contributed by atoms with Gasteiger partial charge in [0, 0.05) is 22.1 Å².